The Balaban J connectivity index is 1.29. The lowest BCUT2D eigenvalue weighted by Gasteiger charge is -2.16. The molecule has 0 aliphatic carbocycles. The van der Waals surface area contributed by atoms with Crippen LogP contribution in [0.15, 0.2) is 92.4 Å². The summed E-state index contributed by atoms with van der Waals surface area (Å²) in [6, 6.07) is 25.0. The summed E-state index contributed by atoms with van der Waals surface area (Å²) in [5.41, 5.74) is 8.54. The Morgan fingerprint density at radius 1 is 0.512 bits per heavy atom. The molecule has 7 heteroatoms. The Labute approximate surface area is 269 Å². The van der Waals surface area contributed by atoms with Crippen molar-refractivity contribution >= 4 is 58.5 Å². The molecule has 224 valence electrons. The standard InChI is InChI=1S/C36H40N2O2S3/c1-21-17-23(3)33(24(4)18-21)37-35(39)27(7)41-29-9-13-31(14-10-29)43-32-15-11-30(12-16-32)42-28(8)36(40)38-34-25(5)19-22(2)20-26(34)6/h9-20,27-28H,1-8H3,(H,37,39)(H,38,40)/t27-,28+. The van der Waals surface area contributed by atoms with Gasteiger partial charge in [0.2, 0.25) is 11.8 Å². The van der Waals surface area contributed by atoms with E-state index in [1.807, 2.05) is 41.5 Å². The lowest BCUT2D eigenvalue weighted by atomic mass is 10.1. The largest absolute Gasteiger partial charge is 0.325 e. The molecule has 2 amide bonds. The van der Waals surface area contributed by atoms with Gasteiger partial charge in [0, 0.05) is 31.0 Å². The van der Waals surface area contributed by atoms with Crippen molar-refractivity contribution < 1.29 is 9.59 Å². The molecule has 43 heavy (non-hydrogen) atoms. The molecule has 0 aliphatic rings. The van der Waals surface area contributed by atoms with Gasteiger partial charge in [-0.15, -0.1) is 23.5 Å². The van der Waals surface area contributed by atoms with Crippen LogP contribution in [0.4, 0.5) is 11.4 Å². The Bertz CT molecular complexity index is 1450. The van der Waals surface area contributed by atoms with Crippen LogP contribution in [0.3, 0.4) is 0 Å². The van der Waals surface area contributed by atoms with Crippen LogP contribution < -0.4 is 10.6 Å². The first kappa shape index (κ1) is 32.8. The minimum atomic E-state index is -0.224. The average Bonchev–Trinajstić information content (AvgIpc) is 2.94. The van der Waals surface area contributed by atoms with Crippen molar-refractivity contribution in [3.05, 3.63) is 106 Å². The van der Waals surface area contributed by atoms with Gasteiger partial charge in [0.1, 0.15) is 0 Å². The van der Waals surface area contributed by atoms with Crippen LogP contribution in [-0.2, 0) is 9.59 Å². The quantitative estimate of drug-likeness (QED) is 0.171. The molecule has 2 atom stereocenters. The van der Waals surface area contributed by atoms with Gasteiger partial charge in [-0.1, -0.05) is 47.2 Å². The van der Waals surface area contributed by atoms with Crippen molar-refractivity contribution in [1.82, 2.24) is 0 Å². The lowest BCUT2D eigenvalue weighted by molar-refractivity contribution is -0.116. The fraction of sp³-hybridized carbons (Fsp3) is 0.278. The van der Waals surface area contributed by atoms with Crippen LogP contribution in [0.1, 0.15) is 47.2 Å². The monoisotopic (exact) mass is 628 g/mol. The van der Waals surface area contributed by atoms with E-state index in [-0.39, 0.29) is 22.3 Å². The van der Waals surface area contributed by atoms with Crippen LogP contribution in [0.25, 0.3) is 0 Å². The Hall–Kier alpha value is -3.13. The number of hydrogen-bond acceptors (Lipinski definition) is 5. The van der Waals surface area contributed by atoms with E-state index in [0.717, 1.165) is 53.2 Å². The molecular formula is C36H40N2O2S3. The van der Waals surface area contributed by atoms with Gasteiger partial charge >= 0.3 is 0 Å². The van der Waals surface area contributed by atoms with Crippen LogP contribution in [-0.4, -0.2) is 22.3 Å². The van der Waals surface area contributed by atoms with Crippen molar-refractivity contribution in [1.29, 1.82) is 0 Å². The molecule has 2 N–H and O–H groups in total. The van der Waals surface area contributed by atoms with E-state index in [1.165, 1.54) is 11.1 Å². The number of benzene rings is 4. The molecule has 0 spiro atoms. The molecule has 0 saturated carbocycles. The molecule has 0 aromatic heterocycles. The highest BCUT2D eigenvalue weighted by Gasteiger charge is 2.18. The fourth-order valence-corrected chi connectivity index (χ4v) is 7.58. The fourth-order valence-electron chi connectivity index (χ4n) is 5.03. The molecule has 0 unspecified atom stereocenters. The summed E-state index contributed by atoms with van der Waals surface area (Å²) < 4.78 is 0. The maximum Gasteiger partial charge on any atom is 0.237 e. The smallest absolute Gasteiger partial charge is 0.237 e. The van der Waals surface area contributed by atoms with E-state index in [1.54, 1.807) is 35.3 Å². The zero-order valence-electron chi connectivity index (χ0n) is 26.1. The summed E-state index contributed by atoms with van der Waals surface area (Å²) in [7, 11) is 0. The molecule has 0 fully saturated rings. The summed E-state index contributed by atoms with van der Waals surface area (Å²) in [6.07, 6.45) is 0. The third-order valence-electron chi connectivity index (χ3n) is 7.10. The molecule has 0 radical (unpaired) electrons. The van der Waals surface area contributed by atoms with Crippen LogP contribution in [0.2, 0.25) is 0 Å². The van der Waals surface area contributed by atoms with E-state index in [4.69, 9.17) is 0 Å². The predicted octanol–water partition coefficient (Wildman–Crippen LogP) is 9.93. The van der Waals surface area contributed by atoms with E-state index in [0.29, 0.717) is 0 Å². The number of carbonyl (C=O) groups is 2. The second-order valence-corrected chi connectivity index (χ2v) is 15.1. The number of hydrogen-bond donors (Lipinski definition) is 2. The molecule has 0 heterocycles. The first-order valence-corrected chi connectivity index (χ1v) is 17.0. The van der Waals surface area contributed by atoms with Gasteiger partial charge in [0.25, 0.3) is 0 Å². The summed E-state index contributed by atoms with van der Waals surface area (Å²) in [5, 5.41) is 5.79. The number of aryl methyl sites for hydroxylation is 6. The second-order valence-electron chi connectivity index (χ2n) is 11.1. The molecule has 0 aliphatic heterocycles. The van der Waals surface area contributed by atoms with Gasteiger partial charge in [-0.05, 0) is 126 Å². The number of thioether (sulfide) groups is 2. The van der Waals surface area contributed by atoms with Gasteiger partial charge in [-0.25, -0.2) is 0 Å². The Morgan fingerprint density at radius 2 is 0.791 bits per heavy atom. The highest BCUT2D eigenvalue weighted by atomic mass is 32.2. The van der Waals surface area contributed by atoms with Crippen molar-refractivity contribution in [3.63, 3.8) is 0 Å². The first-order valence-electron chi connectivity index (χ1n) is 14.4. The van der Waals surface area contributed by atoms with Gasteiger partial charge in [0.15, 0.2) is 0 Å². The molecule has 4 rings (SSSR count). The number of nitrogens with one attached hydrogen (secondary N) is 2. The molecule has 0 bridgehead atoms. The highest BCUT2D eigenvalue weighted by molar-refractivity contribution is 8.01. The summed E-state index contributed by atoms with van der Waals surface area (Å²) in [6.45, 7) is 16.1. The normalized spacial score (nSPS) is 12.5. The van der Waals surface area contributed by atoms with Crippen LogP contribution >= 0.6 is 35.3 Å². The molecule has 4 aromatic carbocycles. The number of amides is 2. The number of rotatable bonds is 10. The van der Waals surface area contributed by atoms with E-state index in [9.17, 15) is 9.59 Å². The molecular weight excluding hydrogens is 589 g/mol. The Morgan fingerprint density at radius 3 is 1.09 bits per heavy atom. The molecule has 4 aromatic rings. The average molecular weight is 629 g/mol. The van der Waals surface area contributed by atoms with Crippen molar-refractivity contribution in [3.8, 4) is 0 Å². The SMILES string of the molecule is Cc1cc(C)c(NC(=O)[C@H](C)Sc2ccc(Sc3ccc(S[C@H](C)C(=O)Nc4c(C)cc(C)cc4C)cc3)cc2)c(C)c1. The third kappa shape index (κ3) is 8.94. The Kier molecular flexibility index (Phi) is 11.1. The maximum atomic E-state index is 12.9. The van der Waals surface area contributed by atoms with Gasteiger partial charge in [-0.2, -0.15) is 0 Å². The lowest BCUT2D eigenvalue weighted by Crippen LogP contribution is -2.23. The second kappa shape index (κ2) is 14.6. The van der Waals surface area contributed by atoms with Crippen LogP contribution in [0.5, 0.6) is 0 Å². The minimum absolute atomic E-state index is 0.00337. The maximum absolute atomic E-state index is 12.9. The summed E-state index contributed by atoms with van der Waals surface area (Å²) in [5.74, 6) is 0.00674. The van der Waals surface area contributed by atoms with E-state index < -0.39 is 0 Å². The topological polar surface area (TPSA) is 58.2 Å². The zero-order chi connectivity index (χ0) is 31.3. The first-order chi connectivity index (χ1) is 20.4. The van der Waals surface area contributed by atoms with Crippen molar-refractivity contribution in [2.24, 2.45) is 0 Å². The van der Waals surface area contributed by atoms with Gasteiger partial charge in [0.05, 0.1) is 10.5 Å². The molecule has 4 nitrogen and oxygen atoms in total. The van der Waals surface area contributed by atoms with E-state index >= 15 is 0 Å². The molecule has 0 saturated heterocycles. The van der Waals surface area contributed by atoms with Crippen molar-refractivity contribution in [2.75, 3.05) is 10.6 Å². The third-order valence-corrected chi connectivity index (χ3v) is 10.3. The predicted molar refractivity (Wildman–Crippen MR) is 186 cm³/mol. The van der Waals surface area contributed by atoms with Crippen molar-refractivity contribution in [2.45, 2.75) is 85.5 Å². The van der Waals surface area contributed by atoms with Gasteiger partial charge < -0.3 is 10.6 Å². The van der Waals surface area contributed by atoms with Crippen LogP contribution in [0, 0.1) is 41.5 Å². The summed E-state index contributed by atoms with van der Waals surface area (Å²) >= 11 is 4.80. The summed E-state index contributed by atoms with van der Waals surface area (Å²) in [4.78, 5) is 30.2. The number of carbonyl (C=O) groups excluding carboxylic acids is 2. The van der Waals surface area contributed by atoms with E-state index in [2.05, 4.69) is 97.3 Å². The van der Waals surface area contributed by atoms with Gasteiger partial charge in [-0.3, -0.25) is 9.59 Å². The zero-order valence-corrected chi connectivity index (χ0v) is 28.6. The minimum Gasteiger partial charge on any atom is -0.325 e. The number of anilines is 2. The highest BCUT2D eigenvalue weighted by Crippen LogP contribution is 2.34.